The Kier molecular flexibility index (Phi) is 13.9. The van der Waals surface area contributed by atoms with E-state index in [4.69, 9.17) is 4.74 Å². The van der Waals surface area contributed by atoms with Gasteiger partial charge >= 0.3 is 0 Å². The maximum absolute atomic E-state index is 12.4. The van der Waals surface area contributed by atoms with Gasteiger partial charge in [-0.2, -0.15) is 4.31 Å². The molecular weight excluding hydrogens is 493 g/mol. The summed E-state index contributed by atoms with van der Waals surface area (Å²) < 4.78 is 31.8. The molecule has 168 valence electrons. The van der Waals surface area contributed by atoms with Crippen LogP contribution in [-0.4, -0.2) is 106 Å². The van der Waals surface area contributed by atoms with Gasteiger partial charge in [0.2, 0.25) is 10.0 Å². The van der Waals surface area contributed by atoms with E-state index >= 15 is 0 Å². The van der Waals surface area contributed by atoms with Crippen LogP contribution in [0, 0.1) is 0 Å². The summed E-state index contributed by atoms with van der Waals surface area (Å²) in [5.74, 6) is 0.883. The van der Waals surface area contributed by atoms with Gasteiger partial charge in [-0.3, -0.25) is 9.89 Å². The minimum Gasteiger partial charge on any atom is -0.378 e. The first-order chi connectivity index (χ1) is 12.7. The summed E-state index contributed by atoms with van der Waals surface area (Å²) >= 11 is 0. The van der Waals surface area contributed by atoms with Crippen LogP contribution in [0.5, 0.6) is 0 Å². The second kappa shape index (κ2) is 13.9. The van der Waals surface area contributed by atoms with Gasteiger partial charge in [-0.1, -0.05) is 13.8 Å². The second-order valence-corrected chi connectivity index (χ2v) is 9.21. The highest BCUT2D eigenvalue weighted by Crippen LogP contribution is 2.09. The van der Waals surface area contributed by atoms with Crippen molar-refractivity contribution in [2.45, 2.75) is 46.8 Å². The fraction of sp³-hybridized carbons (Fsp3) is 0.944. The average molecular weight is 534 g/mol. The summed E-state index contributed by atoms with van der Waals surface area (Å²) in [6, 6.07) is 0.416. The molecule has 0 aromatic carbocycles. The van der Waals surface area contributed by atoms with Crippen molar-refractivity contribution in [3.8, 4) is 0 Å². The number of nitrogens with one attached hydrogen (secondary N) is 1. The number of rotatable bonds is 10. The summed E-state index contributed by atoms with van der Waals surface area (Å²) in [6.45, 7) is 15.7. The van der Waals surface area contributed by atoms with Crippen LogP contribution >= 0.6 is 24.0 Å². The maximum atomic E-state index is 12.4. The molecule has 8 nitrogen and oxygen atoms in total. The van der Waals surface area contributed by atoms with E-state index in [1.165, 1.54) is 0 Å². The molecule has 0 aliphatic carbocycles. The van der Waals surface area contributed by atoms with Gasteiger partial charge in [-0.25, -0.2) is 8.42 Å². The molecule has 0 amide bonds. The third kappa shape index (κ3) is 9.10. The molecule has 1 fully saturated rings. The summed E-state index contributed by atoms with van der Waals surface area (Å²) in [6.07, 6.45) is 0.0465. The molecule has 1 atom stereocenters. The van der Waals surface area contributed by atoms with Gasteiger partial charge in [0.15, 0.2) is 5.96 Å². The first-order valence-corrected chi connectivity index (χ1v) is 11.6. The van der Waals surface area contributed by atoms with Crippen LogP contribution in [0.15, 0.2) is 4.99 Å². The lowest BCUT2D eigenvalue weighted by molar-refractivity contribution is 0.0904. The van der Waals surface area contributed by atoms with Crippen molar-refractivity contribution in [1.82, 2.24) is 19.4 Å². The highest BCUT2D eigenvalue weighted by Gasteiger charge is 2.28. The second-order valence-electron chi connectivity index (χ2n) is 7.12. The zero-order valence-electron chi connectivity index (χ0n) is 18.3. The Morgan fingerprint density at radius 1 is 1.14 bits per heavy atom. The van der Waals surface area contributed by atoms with Crippen LogP contribution < -0.4 is 5.32 Å². The van der Waals surface area contributed by atoms with Crippen LogP contribution in [0.4, 0.5) is 0 Å². The lowest BCUT2D eigenvalue weighted by Crippen LogP contribution is -2.55. The van der Waals surface area contributed by atoms with E-state index in [1.807, 2.05) is 13.8 Å². The van der Waals surface area contributed by atoms with E-state index in [2.05, 4.69) is 40.9 Å². The fourth-order valence-electron chi connectivity index (χ4n) is 3.24. The quantitative estimate of drug-likeness (QED) is 0.259. The Bertz CT molecular complexity index is 547. The third-order valence-electron chi connectivity index (χ3n) is 4.93. The number of halogens is 1. The van der Waals surface area contributed by atoms with Crippen LogP contribution in [0.2, 0.25) is 0 Å². The molecule has 0 aromatic heterocycles. The zero-order valence-corrected chi connectivity index (χ0v) is 21.5. The summed E-state index contributed by atoms with van der Waals surface area (Å²) in [4.78, 5) is 8.90. The topological polar surface area (TPSA) is 77.5 Å². The molecule has 1 aliphatic rings. The lowest BCUT2D eigenvalue weighted by Gasteiger charge is -2.36. The van der Waals surface area contributed by atoms with Gasteiger partial charge in [0.25, 0.3) is 0 Å². The molecule has 1 saturated heterocycles. The molecule has 1 unspecified atom stereocenters. The molecule has 1 N–H and O–H groups in total. The minimum atomic E-state index is -3.26. The van der Waals surface area contributed by atoms with Crippen molar-refractivity contribution in [1.29, 1.82) is 0 Å². The average Bonchev–Trinajstić information content (AvgIpc) is 2.63. The number of hydrogen-bond donors (Lipinski definition) is 1. The maximum Gasteiger partial charge on any atom is 0.216 e. The number of piperazine rings is 1. The van der Waals surface area contributed by atoms with Gasteiger partial charge in [0, 0.05) is 45.8 Å². The van der Waals surface area contributed by atoms with E-state index < -0.39 is 10.0 Å². The normalized spacial score (nSPS) is 17.7. The van der Waals surface area contributed by atoms with E-state index in [-0.39, 0.29) is 42.4 Å². The van der Waals surface area contributed by atoms with Gasteiger partial charge < -0.3 is 15.0 Å². The van der Waals surface area contributed by atoms with Gasteiger partial charge in [-0.05, 0) is 33.9 Å². The Morgan fingerprint density at radius 3 is 2.18 bits per heavy atom. The van der Waals surface area contributed by atoms with E-state index in [1.54, 1.807) is 11.4 Å². The Balaban J connectivity index is 0.00000729. The van der Waals surface area contributed by atoms with Crippen molar-refractivity contribution < 1.29 is 13.2 Å². The Morgan fingerprint density at radius 2 is 1.71 bits per heavy atom. The predicted octanol–water partition coefficient (Wildman–Crippen LogP) is 1.28. The van der Waals surface area contributed by atoms with Crippen LogP contribution in [0.1, 0.15) is 34.6 Å². The van der Waals surface area contributed by atoms with E-state index in [0.717, 1.165) is 25.6 Å². The molecule has 1 rings (SSSR count). The monoisotopic (exact) mass is 533 g/mol. The largest absolute Gasteiger partial charge is 0.378 e. The molecular formula is C18H40IN5O3S. The van der Waals surface area contributed by atoms with Gasteiger partial charge in [0.1, 0.15) is 0 Å². The molecule has 0 saturated carbocycles. The number of nitrogens with zero attached hydrogens (tertiary/aromatic N) is 4. The van der Waals surface area contributed by atoms with Crippen molar-refractivity contribution in [3.05, 3.63) is 0 Å². The van der Waals surface area contributed by atoms with Crippen molar-refractivity contribution >= 4 is 40.0 Å². The number of ether oxygens (including phenoxy) is 1. The Labute approximate surface area is 189 Å². The fourth-order valence-corrected chi connectivity index (χ4v) is 4.53. The molecule has 0 spiro atoms. The molecule has 28 heavy (non-hydrogen) atoms. The van der Waals surface area contributed by atoms with Gasteiger partial charge in [-0.15, -0.1) is 24.0 Å². The van der Waals surface area contributed by atoms with Crippen molar-refractivity contribution in [2.24, 2.45) is 4.99 Å². The summed E-state index contributed by atoms with van der Waals surface area (Å²) in [5.41, 5.74) is 0. The van der Waals surface area contributed by atoms with E-state index in [9.17, 15) is 8.42 Å². The molecule has 10 heteroatoms. The van der Waals surface area contributed by atoms with Gasteiger partial charge in [0.05, 0.1) is 18.5 Å². The number of hydrogen-bond acceptors (Lipinski definition) is 5. The molecule has 0 aromatic rings. The standard InChI is InChI=1S/C18H39N5O3S.HI/c1-7-21(8-2)17(5)15-20-18(19-6)22-9-11-23(12-10-22)27(24,25)14-13-26-16(3)4;/h16-17H,7-15H2,1-6H3,(H,19,20);1H. The highest BCUT2D eigenvalue weighted by molar-refractivity contribution is 14.0. The van der Waals surface area contributed by atoms with Crippen molar-refractivity contribution in [3.63, 3.8) is 0 Å². The Hall–Kier alpha value is -0.170. The molecule has 0 radical (unpaired) electrons. The molecule has 0 bridgehead atoms. The number of likely N-dealkylation sites (N-methyl/N-ethyl adjacent to an activating group) is 1. The van der Waals surface area contributed by atoms with E-state index in [0.29, 0.717) is 32.2 Å². The van der Waals surface area contributed by atoms with Crippen LogP contribution in [-0.2, 0) is 14.8 Å². The first kappa shape index (κ1) is 27.8. The summed E-state index contributed by atoms with van der Waals surface area (Å²) in [7, 11) is -1.49. The first-order valence-electron chi connectivity index (χ1n) is 10.0. The molecule has 1 aliphatic heterocycles. The number of guanidine groups is 1. The number of sulfonamides is 1. The summed E-state index contributed by atoms with van der Waals surface area (Å²) in [5, 5.41) is 3.43. The minimum absolute atomic E-state index is 0. The van der Waals surface area contributed by atoms with Crippen molar-refractivity contribution in [2.75, 3.05) is 65.2 Å². The zero-order chi connectivity index (χ0) is 20.4. The van der Waals surface area contributed by atoms with Crippen LogP contribution in [0.3, 0.4) is 0 Å². The van der Waals surface area contributed by atoms with Crippen LogP contribution in [0.25, 0.3) is 0 Å². The third-order valence-corrected chi connectivity index (χ3v) is 6.76. The predicted molar refractivity (Wildman–Crippen MR) is 127 cm³/mol. The SMILES string of the molecule is CCN(CC)C(C)CNC(=NC)N1CCN(S(=O)(=O)CCOC(C)C)CC1.I. The lowest BCUT2D eigenvalue weighted by atomic mass is 10.2. The molecule has 1 heterocycles. The smallest absolute Gasteiger partial charge is 0.216 e. The highest BCUT2D eigenvalue weighted by atomic mass is 127. The number of aliphatic imine (C=N–C) groups is 1.